The van der Waals surface area contributed by atoms with Crippen LogP contribution in [0.25, 0.3) is 0 Å². The molecule has 2 atom stereocenters. The van der Waals surface area contributed by atoms with E-state index >= 15 is 0 Å². The van der Waals surface area contributed by atoms with Crippen molar-refractivity contribution in [3.05, 3.63) is 24.3 Å². The summed E-state index contributed by atoms with van der Waals surface area (Å²) >= 11 is 0. The fourth-order valence-electron chi connectivity index (χ4n) is 3.21. The molecule has 2 unspecified atom stereocenters. The van der Waals surface area contributed by atoms with Crippen LogP contribution in [0.3, 0.4) is 0 Å². The van der Waals surface area contributed by atoms with E-state index in [0.717, 1.165) is 57.1 Å². The Bertz CT molecular complexity index is 582. The Kier molecular flexibility index (Phi) is 13.4. The fraction of sp³-hybridized carbons (Fsp3) is 0.750. The molecule has 5 nitrogen and oxygen atoms in total. The molecule has 1 rings (SSSR count). The Morgan fingerprint density at radius 1 is 0.833 bits per heavy atom. The third-order valence-corrected chi connectivity index (χ3v) is 6.96. The molecular weight excluding hydrogens is 397 g/mol. The van der Waals surface area contributed by atoms with E-state index in [9.17, 15) is 4.57 Å². The summed E-state index contributed by atoms with van der Waals surface area (Å²) in [5.41, 5.74) is 1.05. The number of benzene rings is 1. The van der Waals surface area contributed by atoms with E-state index in [4.69, 9.17) is 13.6 Å². The summed E-state index contributed by atoms with van der Waals surface area (Å²) in [6, 6.07) is 7.51. The van der Waals surface area contributed by atoms with Gasteiger partial charge in [-0.3, -0.25) is 9.05 Å². The number of unbranched alkanes of at least 4 members (excludes halogenated alkanes) is 2. The Morgan fingerprint density at radius 2 is 1.30 bits per heavy atom. The minimum Gasteiger partial charge on any atom is -0.404 e. The third kappa shape index (κ3) is 10.3. The molecule has 0 aliphatic rings. The third-order valence-electron chi connectivity index (χ3n) is 5.59. The van der Waals surface area contributed by atoms with Crippen molar-refractivity contribution < 1.29 is 18.1 Å². The first-order valence-corrected chi connectivity index (χ1v) is 13.2. The summed E-state index contributed by atoms with van der Waals surface area (Å²) in [4.78, 5) is 2.01. The van der Waals surface area contributed by atoms with Crippen molar-refractivity contribution in [3.63, 3.8) is 0 Å². The minimum atomic E-state index is -3.69. The molecule has 0 saturated carbocycles. The van der Waals surface area contributed by atoms with Gasteiger partial charge >= 0.3 is 7.82 Å². The molecule has 0 aromatic heterocycles. The average molecular weight is 442 g/mol. The highest BCUT2D eigenvalue weighted by Gasteiger charge is 2.31. The molecule has 0 aliphatic carbocycles. The summed E-state index contributed by atoms with van der Waals surface area (Å²) in [6.45, 7) is 9.46. The molecule has 0 aliphatic heterocycles. The summed E-state index contributed by atoms with van der Waals surface area (Å²) < 4.78 is 31.1. The van der Waals surface area contributed by atoms with Crippen LogP contribution < -0.4 is 9.42 Å². The fourth-order valence-corrected chi connectivity index (χ4v) is 4.56. The highest BCUT2D eigenvalue weighted by Crippen LogP contribution is 2.50. The summed E-state index contributed by atoms with van der Waals surface area (Å²) in [5, 5.41) is 0. The lowest BCUT2D eigenvalue weighted by Gasteiger charge is -2.24. The van der Waals surface area contributed by atoms with E-state index in [1.165, 1.54) is 0 Å². The number of anilines is 1. The molecule has 0 radical (unpaired) electrons. The van der Waals surface area contributed by atoms with Crippen molar-refractivity contribution in [3.8, 4) is 5.75 Å². The van der Waals surface area contributed by atoms with E-state index in [-0.39, 0.29) is 0 Å². The predicted octanol–water partition coefficient (Wildman–Crippen LogP) is 7.71. The van der Waals surface area contributed by atoms with Gasteiger partial charge in [0.15, 0.2) is 0 Å². The molecule has 0 amide bonds. The lowest BCUT2D eigenvalue weighted by molar-refractivity contribution is 0.115. The van der Waals surface area contributed by atoms with Gasteiger partial charge in [0.05, 0.1) is 13.2 Å². The summed E-state index contributed by atoms with van der Waals surface area (Å²) in [5.74, 6) is 1.24. The molecule has 1 aromatic rings. The van der Waals surface area contributed by atoms with Crippen LogP contribution >= 0.6 is 7.82 Å². The first-order chi connectivity index (χ1) is 14.4. The second-order valence-electron chi connectivity index (χ2n) is 8.35. The number of nitrogens with zero attached hydrogens (tertiary/aromatic N) is 1. The standard InChI is InChI=1S/C24H44NO4P/c1-7-11-13-21(9-3)19-27-30(26,28-20-22(10-4)14-12-8-2)29-24-17-15-23(16-18-24)25(5)6/h15-18,21-22H,7-14,19-20H2,1-6H3. The van der Waals surface area contributed by atoms with Gasteiger partial charge < -0.3 is 9.42 Å². The van der Waals surface area contributed by atoms with Crippen molar-refractivity contribution >= 4 is 13.5 Å². The first-order valence-electron chi connectivity index (χ1n) is 11.7. The average Bonchev–Trinajstić information content (AvgIpc) is 2.74. The van der Waals surface area contributed by atoms with Crippen LogP contribution in [0, 0.1) is 11.8 Å². The number of hydrogen-bond donors (Lipinski definition) is 0. The van der Waals surface area contributed by atoms with Crippen LogP contribution in [-0.2, 0) is 13.6 Å². The summed E-state index contributed by atoms with van der Waals surface area (Å²) in [6.07, 6.45) is 8.71. The van der Waals surface area contributed by atoms with Crippen molar-refractivity contribution in [2.24, 2.45) is 11.8 Å². The Balaban J connectivity index is 2.86. The molecule has 1 aromatic carbocycles. The van der Waals surface area contributed by atoms with Gasteiger partial charge in [-0.15, -0.1) is 0 Å². The van der Waals surface area contributed by atoms with Crippen LogP contribution in [-0.4, -0.2) is 27.3 Å². The normalized spacial score (nSPS) is 15.4. The zero-order chi connectivity index (χ0) is 22.4. The molecule has 174 valence electrons. The maximum Gasteiger partial charge on any atom is 0.530 e. The monoisotopic (exact) mass is 441 g/mol. The highest BCUT2D eigenvalue weighted by molar-refractivity contribution is 7.48. The molecule has 0 spiro atoms. The lowest BCUT2D eigenvalue weighted by atomic mass is 10.0. The minimum absolute atomic E-state index is 0.364. The second kappa shape index (κ2) is 14.9. The van der Waals surface area contributed by atoms with Crippen LogP contribution in [0.2, 0.25) is 0 Å². The smallest absolute Gasteiger partial charge is 0.404 e. The molecule has 0 fully saturated rings. The number of phosphoric acid groups is 1. The van der Waals surface area contributed by atoms with Crippen molar-refractivity contribution in [1.82, 2.24) is 0 Å². The second-order valence-corrected chi connectivity index (χ2v) is 9.94. The van der Waals surface area contributed by atoms with Gasteiger partial charge in [0, 0.05) is 19.8 Å². The van der Waals surface area contributed by atoms with Gasteiger partial charge in [-0.1, -0.05) is 66.2 Å². The van der Waals surface area contributed by atoms with Crippen LogP contribution in [0.5, 0.6) is 5.75 Å². The predicted molar refractivity (Wildman–Crippen MR) is 128 cm³/mol. The van der Waals surface area contributed by atoms with Gasteiger partial charge in [-0.2, -0.15) is 0 Å². The van der Waals surface area contributed by atoms with E-state index in [0.29, 0.717) is 30.8 Å². The van der Waals surface area contributed by atoms with Crippen molar-refractivity contribution in [2.45, 2.75) is 79.1 Å². The van der Waals surface area contributed by atoms with E-state index < -0.39 is 7.82 Å². The summed E-state index contributed by atoms with van der Waals surface area (Å²) in [7, 11) is 0.271. The van der Waals surface area contributed by atoms with Gasteiger partial charge in [-0.05, 0) is 48.9 Å². The van der Waals surface area contributed by atoms with E-state index in [2.05, 4.69) is 27.7 Å². The van der Waals surface area contributed by atoms with Gasteiger partial charge in [0.2, 0.25) is 0 Å². The Labute approximate surface area is 185 Å². The molecular formula is C24H44NO4P. The maximum atomic E-state index is 13.5. The van der Waals surface area contributed by atoms with Crippen LogP contribution in [0.15, 0.2) is 24.3 Å². The SMILES string of the molecule is CCCCC(CC)COP(=O)(OCC(CC)CCCC)Oc1ccc(N(C)C)cc1. The maximum absolute atomic E-state index is 13.5. The highest BCUT2D eigenvalue weighted by atomic mass is 31.2. The van der Waals surface area contributed by atoms with Crippen molar-refractivity contribution in [2.75, 3.05) is 32.2 Å². The van der Waals surface area contributed by atoms with Gasteiger partial charge in [-0.25, -0.2) is 4.57 Å². The van der Waals surface area contributed by atoms with E-state index in [1.807, 2.05) is 43.3 Å². The molecule has 0 N–H and O–H groups in total. The molecule has 0 heterocycles. The first kappa shape index (κ1) is 27.0. The Morgan fingerprint density at radius 3 is 1.67 bits per heavy atom. The van der Waals surface area contributed by atoms with Crippen LogP contribution in [0.4, 0.5) is 5.69 Å². The number of rotatable bonds is 17. The number of hydrogen-bond acceptors (Lipinski definition) is 5. The zero-order valence-electron chi connectivity index (χ0n) is 20.1. The molecule has 0 bridgehead atoms. The van der Waals surface area contributed by atoms with Crippen LogP contribution in [0.1, 0.15) is 79.1 Å². The van der Waals surface area contributed by atoms with Crippen molar-refractivity contribution in [1.29, 1.82) is 0 Å². The quantitative estimate of drug-likeness (QED) is 0.232. The molecule has 6 heteroatoms. The number of phosphoric ester groups is 1. The largest absolute Gasteiger partial charge is 0.530 e. The van der Waals surface area contributed by atoms with E-state index in [1.54, 1.807) is 0 Å². The Hall–Kier alpha value is -1.03. The molecule has 0 saturated heterocycles. The van der Waals surface area contributed by atoms with Gasteiger partial charge in [0.25, 0.3) is 0 Å². The topological polar surface area (TPSA) is 48.0 Å². The zero-order valence-corrected chi connectivity index (χ0v) is 21.0. The van der Waals surface area contributed by atoms with Gasteiger partial charge in [0.1, 0.15) is 5.75 Å². The molecule has 30 heavy (non-hydrogen) atoms. The lowest BCUT2D eigenvalue weighted by Crippen LogP contribution is -2.14.